The third-order valence-corrected chi connectivity index (χ3v) is 2.27. The van der Waals surface area contributed by atoms with Crippen molar-refractivity contribution in [3.05, 3.63) is 34.3 Å². The molecule has 1 aromatic rings. The summed E-state index contributed by atoms with van der Waals surface area (Å²) in [5.41, 5.74) is 6.84. The molecule has 0 aliphatic carbocycles. The van der Waals surface area contributed by atoms with Gasteiger partial charge >= 0.3 is 0 Å². The first-order valence-electron chi connectivity index (χ1n) is 3.86. The van der Waals surface area contributed by atoms with E-state index < -0.39 is 0 Å². The highest BCUT2D eigenvalue weighted by atomic mass is 79.9. The lowest BCUT2D eigenvalue weighted by atomic mass is 10.1. The first-order valence-corrected chi connectivity index (χ1v) is 4.65. The van der Waals surface area contributed by atoms with Gasteiger partial charge in [-0.2, -0.15) is 0 Å². The number of aliphatic hydroxyl groups is 1. The van der Waals surface area contributed by atoms with Crippen molar-refractivity contribution in [3.8, 4) is 0 Å². The highest BCUT2D eigenvalue weighted by Gasteiger charge is 2.03. The van der Waals surface area contributed by atoms with Gasteiger partial charge in [0.1, 0.15) is 0 Å². The Morgan fingerprint density at radius 3 is 2.31 bits per heavy atom. The molecular weight excluding hydrogens is 253 g/mol. The summed E-state index contributed by atoms with van der Waals surface area (Å²) >= 11 is 3.34. The van der Waals surface area contributed by atoms with Gasteiger partial charge in [0.2, 0.25) is 0 Å². The normalized spacial score (nSPS) is 11.9. The maximum Gasteiger partial charge on any atom is 0.0449 e. The lowest BCUT2D eigenvalue weighted by molar-refractivity contribution is 0.276. The SMILES string of the molecule is Cl.NC(CCO)c1ccc(Br)cc1. The molecule has 0 aliphatic rings. The molecule has 1 atom stereocenters. The van der Waals surface area contributed by atoms with Gasteiger partial charge in [0.25, 0.3) is 0 Å². The summed E-state index contributed by atoms with van der Waals surface area (Å²) in [5, 5.41) is 8.66. The van der Waals surface area contributed by atoms with Crippen molar-refractivity contribution >= 4 is 28.3 Å². The minimum atomic E-state index is -0.0527. The average molecular weight is 267 g/mol. The number of aliphatic hydroxyl groups excluding tert-OH is 1. The number of benzene rings is 1. The Bertz CT molecular complexity index is 240. The number of hydrogen-bond donors (Lipinski definition) is 2. The summed E-state index contributed by atoms with van der Waals surface area (Å²) in [6.45, 7) is 0.136. The van der Waals surface area contributed by atoms with Crippen molar-refractivity contribution in [2.45, 2.75) is 12.5 Å². The minimum Gasteiger partial charge on any atom is -0.396 e. The number of hydrogen-bond acceptors (Lipinski definition) is 2. The molecule has 0 aliphatic heterocycles. The van der Waals surface area contributed by atoms with E-state index in [4.69, 9.17) is 10.8 Å². The van der Waals surface area contributed by atoms with Crippen molar-refractivity contribution in [2.24, 2.45) is 5.73 Å². The first kappa shape index (κ1) is 12.9. The highest BCUT2D eigenvalue weighted by molar-refractivity contribution is 9.10. The van der Waals surface area contributed by atoms with Crippen molar-refractivity contribution in [2.75, 3.05) is 6.61 Å². The van der Waals surface area contributed by atoms with Crippen LogP contribution in [0.25, 0.3) is 0 Å². The minimum absolute atomic E-state index is 0. The van der Waals surface area contributed by atoms with Crippen LogP contribution in [0.5, 0.6) is 0 Å². The van der Waals surface area contributed by atoms with Gasteiger partial charge in [-0.3, -0.25) is 0 Å². The molecule has 13 heavy (non-hydrogen) atoms. The molecule has 0 spiro atoms. The molecule has 3 N–H and O–H groups in total. The molecule has 0 amide bonds. The van der Waals surface area contributed by atoms with Crippen LogP contribution in [0.15, 0.2) is 28.7 Å². The molecule has 1 unspecified atom stereocenters. The third kappa shape index (κ3) is 4.09. The maximum absolute atomic E-state index is 8.66. The molecule has 0 bridgehead atoms. The van der Waals surface area contributed by atoms with Crippen LogP contribution in [0, 0.1) is 0 Å². The maximum atomic E-state index is 8.66. The van der Waals surface area contributed by atoms with Gasteiger partial charge in [-0.1, -0.05) is 28.1 Å². The molecular formula is C9H13BrClNO. The van der Waals surface area contributed by atoms with E-state index in [0.717, 1.165) is 10.0 Å². The van der Waals surface area contributed by atoms with Crippen molar-refractivity contribution < 1.29 is 5.11 Å². The van der Waals surface area contributed by atoms with Gasteiger partial charge in [0.05, 0.1) is 0 Å². The fourth-order valence-corrected chi connectivity index (χ4v) is 1.28. The van der Waals surface area contributed by atoms with Gasteiger partial charge in [0.15, 0.2) is 0 Å². The van der Waals surface area contributed by atoms with Crippen LogP contribution >= 0.6 is 28.3 Å². The molecule has 4 heteroatoms. The average Bonchev–Trinajstić information content (AvgIpc) is 2.06. The fraction of sp³-hybridized carbons (Fsp3) is 0.333. The first-order chi connectivity index (χ1) is 5.74. The summed E-state index contributed by atoms with van der Waals surface area (Å²) < 4.78 is 1.04. The van der Waals surface area contributed by atoms with Crippen molar-refractivity contribution in [1.29, 1.82) is 0 Å². The van der Waals surface area contributed by atoms with Crippen LogP contribution in [0.2, 0.25) is 0 Å². The molecule has 0 heterocycles. The Hall–Kier alpha value is -0.0900. The molecule has 1 aromatic carbocycles. The molecule has 0 saturated heterocycles. The fourth-order valence-electron chi connectivity index (χ4n) is 1.02. The van der Waals surface area contributed by atoms with E-state index in [1.807, 2.05) is 24.3 Å². The van der Waals surface area contributed by atoms with Crippen LogP contribution in [0.3, 0.4) is 0 Å². The second-order valence-corrected chi connectivity index (χ2v) is 3.59. The largest absolute Gasteiger partial charge is 0.396 e. The Labute approximate surface area is 92.7 Å². The Morgan fingerprint density at radius 1 is 1.31 bits per heavy atom. The predicted octanol–water partition coefficient (Wildman–Crippen LogP) is 2.25. The Kier molecular flexibility index (Phi) is 6.33. The van der Waals surface area contributed by atoms with Crippen LogP contribution in [-0.2, 0) is 0 Å². The lowest BCUT2D eigenvalue weighted by Gasteiger charge is -2.09. The monoisotopic (exact) mass is 265 g/mol. The summed E-state index contributed by atoms with van der Waals surface area (Å²) in [6, 6.07) is 7.77. The van der Waals surface area contributed by atoms with E-state index in [-0.39, 0.29) is 25.1 Å². The molecule has 0 saturated carbocycles. The van der Waals surface area contributed by atoms with E-state index in [0.29, 0.717) is 6.42 Å². The van der Waals surface area contributed by atoms with E-state index in [1.54, 1.807) is 0 Å². The summed E-state index contributed by atoms with van der Waals surface area (Å²) in [5.74, 6) is 0. The van der Waals surface area contributed by atoms with Crippen molar-refractivity contribution in [3.63, 3.8) is 0 Å². The zero-order valence-electron chi connectivity index (χ0n) is 7.11. The number of nitrogens with two attached hydrogens (primary N) is 1. The standard InChI is InChI=1S/C9H12BrNO.ClH/c10-8-3-1-7(2-4-8)9(11)5-6-12;/h1-4,9,12H,5-6,11H2;1H. The van der Waals surface area contributed by atoms with Crippen molar-refractivity contribution in [1.82, 2.24) is 0 Å². The smallest absolute Gasteiger partial charge is 0.0449 e. The summed E-state index contributed by atoms with van der Waals surface area (Å²) in [4.78, 5) is 0. The summed E-state index contributed by atoms with van der Waals surface area (Å²) in [6.07, 6.45) is 0.613. The van der Waals surface area contributed by atoms with Crippen LogP contribution < -0.4 is 5.73 Å². The molecule has 0 radical (unpaired) electrons. The van der Waals surface area contributed by atoms with E-state index in [2.05, 4.69) is 15.9 Å². The van der Waals surface area contributed by atoms with Crippen LogP contribution in [-0.4, -0.2) is 11.7 Å². The zero-order valence-corrected chi connectivity index (χ0v) is 9.51. The van der Waals surface area contributed by atoms with Crippen LogP contribution in [0.1, 0.15) is 18.0 Å². The molecule has 1 rings (SSSR count). The Balaban J connectivity index is 0.00000144. The van der Waals surface area contributed by atoms with Crippen LogP contribution in [0.4, 0.5) is 0 Å². The summed E-state index contributed by atoms with van der Waals surface area (Å²) in [7, 11) is 0. The predicted molar refractivity (Wildman–Crippen MR) is 60.0 cm³/mol. The highest BCUT2D eigenvalue weighted by Crippen LogP contribution is 2.16. The number of halogens is 2. The lowest BCUT2D eigenvalue weighted by Crippen LogP contribution is -2.11. The van der Waals surface area contributed by atoms with Gasteiger partial charge in [0, 0.05) is 17.1 Å². The molecule has 74 valence electrons. The Morgan fingerprint density at radius 2 is 1.85 bits per heavy atom. The van der Waals surface area contributed by atoms with E-state index in [1.165, 1.54) is 0 Å². The van der Waals surface area contributed by atoms with E-state index in [9.17, 15) is 0 Å². The van der Waals surface area contributed by atoms with E-state index >= 15 is 0 Å². The second-order valence-electron chi connectivity index (χ2n) is 2.67. The van der Waals surface area contributed by atoms with Gasteiger partial charge in [-0.15, -0.1) is 12.4 Å². The number of rotatable bonds is 3. The van der Waals surface area contributed by atoms with Gasteiger partial charge in [-0.25, -0.2) is 0 Å². The molecule has 2 nitrogen and oxygen atoms in total. The van der Waals surface area contributed by atoms with Gasteiger partial charge < -0.3 is 10.8 Å². The molecule has 0 fully saturated rings. The zero-order chi connectivity index (χ0) is 8.97. The second kappa shape index (κ2) is 6.38. The van der Waals surface area contributed by atoms with Gasteiger partial charge in [-0.05, 0) is 24.1 Å². The quantitative estimate of drug-likeness (QED) is 0.881. The topological polar surface area (TPSA) is 46.2 Å². The third-order valence-electron chi connectivity index (χ3n) is 1.74. The molecule has 0 aromatic heterocycles.